The van der Waals surface area contributed by atoms with Crippen LogP contribution in [0.5, 0.6) is 0 Å². The standard InChI is InChI=1S/C18H27N3O4/c1-5-15(22)21-14-8-6-7-13(11-14)12-20-16(23)9-10-19-17(24)25-18(2,3)4/h6-8,11H,5,9-10,12H2,1-4H3,(H,19,24)(H,20,23)(H,21,22). The third kappa shape index (κ3) is 9.34. The maximum atomic E-state index is 11.8. The van der Waals surface area contributed by atoms with Gasteiger partial charge in [-0.1, -0.05) is 19.1 Å². The van der Waals surface area contributed by atoms with Crippen molar-refractivity contribution in [2.75, 3.05) is 11.9 Å². The first-order chi connectivity index (χ1) is 11.7. The fourth-order valence-corrected chi connectivity index (χ4v) is 1.89. The first-order valence-corrected chi connectivity index (χ1v) is 8.32. The predicted octanol–water partition coefficient (Wildman–Crippen LogP) is 2.57. The molecule has 1 rings (SSSR count). The number of alkyl carbamates (subject to hydrolysis) is 1. The van der Waals surface area contributed by atoms with Gasteiger partial charge >= 0.3 is 6.09 Å². The molecule has 0 unspecified atom stereocenters. The molecule has 3 amide bonds. The van der Waals surface area contributed by atoms with Crippen LogP contribution in [-0.4, -0.2) is 30.1 Å². The molecular weight excluding hydrogens is 322 g/mol. The molecule has 0 heterocycles. The molecule has 0 saturated carbocycles. The molecule has 0 saturated heterocycles. The van der Waals surface area contributed by atoms with Crippen LogP contribution in [0.3, 0.4) is 0 Å². The number of hydrogen-bond acceptors (Lipinski definition) is 4. The summed E-state index contributed by atoms with van der Waals surface area (Å²) in [6.07, 6.45) is 0.0246. The number of hydrogen-bond donors (Lipinski definition) is 3. The minimum atomic E-state index is -0.565. The molecular formula is C18H27N3O4. The van der Waals surface area contributed by atoms with Crippen molar-refractivity contribution in [3.63, 3.8) is 0 Å². The van der Waals surface area contributed by atoms with Crippen molar-refractivity contribution < 1.29 is 19.1 Å². The summed E-state index contributed by atoms with van der Waals surface area (Å²) >= 11 is 0. The van der Waals surface area contributed by atoms with Crippen LogP contribution in [0.15, 0.2) is 24.3 Å². The lowest BCUT2D eigenvalue weighted by atomic mass is 10.2. The summed E-state index contributed by atoms with van der Waals surface area (Å²) in [5.74, 6) is -0.242. The SMILES string of the molecule is CCC(=O)Nc1cccc(CNC(=O)CCNC(=O)OC(C)(C)C)c1. The summed E-state index contributed by atoms with van der Waals surface area (Å²) in [5, 5.41) is 8.08. The van der Waals surface area contributed by atoms with E-state index in [2.05, 4.69) is 16.0 Å². The smallest absolute Gasteiger partial charge is 0.407 e. The van der Waals surface area contributed by atoms with Crippen molar-refractivity contribution in [3.8, 4) is 0 Å². The highest BCUT2D eigenvalue weighted by Crippen LogP contribution is 2.11. The average molecular weight is 349 g/mol. The summed E-state index contributed by atoms with van der Waals surface area (Å²) < 4.78 is 5.09. The van der Waals surface area contributed by atoms with E-state index in [9.17, 15) is 14.4 Å². The molecule has 0 aliphatic heterocycles. The number of nitrogens with one attached hydrogen (secondary N) is 3. The molecule has 0 radical (unpaired) electrons. The van der Waals surface area contributed by atoms with Gasteiger partial charge in [-0.2, -0.15) is 0 Å². The van der Waals surface area contributed by atoms with Gasteiger partial charge < -0.3 is 20.7 Å². The Morgan fingerprint density at radius 2 is 1.80 bits per heavy atom. The zero-order valence-corrected chi connectivity index (χ0v) is 15.3. The number of anilines is 1. The van der Waals surface area contributed by atoms with Crippen molar-refractivity contribution in [2.24, 2.45) is 0 Å². The van der Waals surface area contributed by atoms with E-state index in [0.29, 0.717) is 18.7 Å². The Hall–Kier alpha value is -2.57. The van der Waals surface area contributed by atoms with Crippen molar-refractivity contribution >= 4 is 23.6 Å². The third-order valence-corrected chi connectivity index (χ3v) is 3.04. The van der Waals surface area contributed by atoms with Crippen LogP contribution in [0.4, 0.5) is 10.5 Å². The van der Waals surface area contributed by atoms with E-state index in [4.69, 9.17) is 4.74 Å². The minimum Gasteiger partial charge on any atom is -0.444 e. The Balaban J connectivity index is 2.33. The predicted molar refractivity (Wildman–Crippen MR) is 96.1 cm³/mol. The third-order valence-electron chi connectivity index (χ3n) is 3.04. The van der Waals surface area contributed by atoms with Gasteiger partial charge in [0.1, 0.15) is 5.60 Å². The van der Waals surface area contributed by atoms with Crippen molar-refractivity contribution in [1.29, 1.82) is 0 Å². The van der Waals surface area contributed by atoms with Crippen LogP contribution < -0.4 is 16.0 Å². The Bertz CT molecular complexity index is 609. The summed E-state index contributed by atoms with van der Waals surface area (Å²) in [6.45, 7) is 7.65. The first kappa shape index (κ1) is 20.5. The second-order valence-electron chi connectivity index (χ2n) is 6.56. The number of amides is 3. The fraction of sp³-hybridized carbons (Fsp3) is 0.500. The van der Waals surface area contributed by atoms with Crippen LogP contribution in [0.1, 0.15) is 46.1 Å². The first-order valence-electron chi connectivity index (χ1n) is 8.32. The van der Waals surface area contributed by atoms with E-state index in [0.717, 1.165) is 5.56 Å². The molecule has 0 spiro atoms. The Labute approximate surface area is 148 Å². The molecule has 0 aromatic heterocycles. The molecule has 1 aromatic rings. The van der Waals surface area contributed by atoms with Crippen molar-refractivity contribution in [2.45, 2.75) is 52.7 Å². The molecule has 0 aliphatic rings. The highest BCUT2D eigenvalue weighted by molar-refractivity contribution is 5.90. The van der Waals surface area contributed by atoms with Crippen LogP contribution >= 0.6 is 0 Å². The molecule has 25 heavy (non-hydrogen) atoms. The van der Waals surface area contributed by atoms with E-state index in [-0.39, 0.29) is 24.8 Å². The van der Waals surface area contributed by atoms with E-state index < -0.39 is 11.7 Å². The Morgan fingerprint density at radius 1 is 1.08 bits per heavy atom. The van der Waals surface area contributed by atoms with Gasteiger partial charge in [0.2, 0.25) is 11.8 Å². The van der Waals surface area contributed by atoms with Gasteiger partial charge in [0.05, 0.1) is 0 Å². The molecule has 138 valence electrons. The van der Waals surface area contributed by atoms with Gasteiger partial charge in [-0.25, -0.2) is 4.79 Å². The lowest BCUT2D eigenvalue weighted by molar-refractivity contribution is -0.121. The molecule has 0 aliphatic carbocycles. The van der Waals surface area contributed by atoms with Gasteiger partial charge in [0.25, 0.3) is 0 Å². The number of carbonyl (C=O) groups is 3. The van der Waals surface area contributed by atoms with Crippen molar-refractivity contribution in [3.05, 3.63) is 29.8 Å². The number of benzene rings is 1. The van der Waals surface area contributed by atoms with Gasteiger partial charge in [-0.15, -0.1) is 0 Å². The highest BCUT2D eigenvalue weighted by Gasteiger charge is 2.15. The van der Waals surface area contributed by atoms with Crippen LogP contribution in [0.2, 0.25) is 0 Å². The summed E-state index contributed by atoms with van der Waals surface area (Å²) in [7, 11) is 0. The average Bonchev–Trinajstić information content (AvgIpc) is 2.51. The van der Waals surface area contributed by atoms with Crippen LogP contribution in [-0.2, 0) is 20.9 Å². The Morgan fingerprint density at radius 3 is 2.44 bits per heavy atom. The van der Waals surface area contributed by atoms with Gasteiger partial charge in [-0.05, 0) is 38.5 Å². The van der Waals surface area contributed by atoms with Crippen LogP contribution in [0.25, 0.3) is 0 Å². The van der Waals surface area contributed by atoms with Gasteiger partial charge in [0, 0.05) is 31.6 Å². The van der Waals surface area contributed by atoms with Crippen molar-refractivity contribution in [1.82, 2.24) is 10.6 Å². The maximum absolute atomic E-state index is 11.8. The van der Waals surface area contributed by atoms with Gasteiger partial charge in [0.15, 0.2) is 0 Å². The summed E-state index contributed by atoms with van der Waals surface area (Å²) in [4.78, 5) is 34.7. The van der Waals surface area contributed by atoms with E-state index in [1.807, 2.05) is 18.2 Å². The molecule has 7 nitrogen and oxygen atoms in total. The normalized spacial score (nSPS) is 10.7. The monoisotopic (exact) mass is 349 g/mol. The van der Waals surface area contributed by atoms with E-state index in [1.165, 1.54) is 0 Å². The lowest BCUT2D eigenvalue weighted by Crippen LogP contribution is -2.35. The van der Waals surface area contributed by atoms with E-state index >= 15 is 0 Å². The van der Waals surface area contributed by atoms with E-state index in [1.54, 1.807) is 33.8 Å². The minimum absolute atomic E-state index is 0.0607. The number of ether oxygens (including phenoxy) is 1. The molecule has 0 fully saturated rings. The molecule has 0 atom stereocenters. The summed E-state index contributed by atoms with van der Waals surface area (Å²) in [5.41, 5.74) is 1.01. The molecule has 1 aromatic carbocycles. The second kappa shape index (κ2) is 9.66. The highest BCUT2D eigenvalue weighted by atomic mass is 16.6. The van der Waals surface area contributed by atoms with Crippen LogP contribution in [0, 0.1) is 0 Å². The lowest BCUT2D eigenvalue weighted by Gasteiger charge is -2.19. The zero-order chi connectivity index (χ0) is 18.9. The molecule has 7 heteroatoms. The Kier molecular flexibility index (Phi) is 7.91. The number of carbonyl (C=O) groups excluding carboxylic acids is 3. The maximum Gasteiger partial charge on any atom is 0.407 e. The van der Waals surface area contributed by atoms with Gasteiger partial charge in [-0.3, -0.25) is 9.59 Å². The quantitative estimate of drug-likeness (QED) is 0.705. The molecule has 0 bridgehead atoms. The zero-order valence-electron chi connectivity index (χ0n) is 15.3. The number of rotatable bonds is 7. The molecule has 3 N–H and O–H groups in total. The second-order valence-corrected chi connectivity index (χ2v) is 6.56. The summed E-state index contributed by atoms with van der Waals surface area (Å²) in [6, 6.07) is 7.29. The largest absolute Gasteiger partial charge is 0.444 e. The fourth-order valence-electron chi connectivity index (χ4n) is 1.89. The topological polar surface area (TPSA) is 96.5 Å².